The van der Waals surface area contributed by atoms with Gasteiger partial charge in [-0.3, -0.25) is 9.59 Å². The summed E-state index contributed by atoms with van der Waals surface area (Å²) in [6.45, 7) is 4.88. The van der Waals surface area contributed by atoms with Crippen LogP contribution < -0.4 is 0 Å². The van der Waals surface area contributed by atoms with Crippen LogP contribution in [0.4, 0.5) is 0 Å². The fourth-order valence-electron chi connectivity index (χ4n) is 3.32. The van der Waals surface area contributed by atoms with Crippen molar-refractivity contribution >= 4 is 11.9 Å². The smallest absolute Gasteiger partial charge is 0.323 e. The number of hydrogen-bond acceptors (Lipinski definition) is 5. The minimum Gasteiger partial charge on any atom is -0.465 e. The number of carbonyl (C=O) groups is 2. The molecule has 1 aliphatic carbocycles. The van der Waals surface area contributed by atoms with E-state index in [9.17, 15) is 9.59 Å². The van der Waals surface area contributed by atoms with Gasteiger partial charge in [0.25, 0.3) is 0 Å². The van der Waals surface area contributed by atoms with Crippen LogP contribution in [0.15, 0.2) is 0 Å². The molecular weight excluding hydrogens is 234 g/mol. The van der Waals surface area contributed by atoms with Gasteiger partial charge in [0.15, 0.2) is 5.41 Å². The molecule has 2 aliphatic rings. The van der Waals surface area contributed by atoms with E-state index >= 15 is 0 Å². The Bertz CT molecular complexity index is 335. The van der Waals surface area contributed by atoms with Crippen molar-refractivity contribution in [2.24, 2.45) is 11.3 Å². The van der Waals surface area contributed by atoms with Crippen LogP contribution in [0.3, 0.4) is 0 Å². The normalized spacial score (nSPS) is 29.3. The molecule has 0 amide bonds. The highest BCUT2D eigenvalue weighted by Crippen LogP contribution is 2.51. The molecule has 2 bridgehead atoms. The van der Waals surface area contributed by atoms with Crippen molar-refractivity contribution < 1.29 is 19.1 Å². The molecule has 0 spiro atoms. The monoisotopic (exact) mass is 255 g/mol. The lowest BCUT2D eigenvalue weighted by molar-refractivity contribution is -0.177. The second-order valence-electron chi connectivity index (χ2n) is 5.14. The molecule has 0 aromatic carbocycles. The maximum atomic E-state index is 12.2. The molecule has 102 valence electrons. The molecule has 2 rings (SSSR count). The average molecular weight is 255 g/mol. The van der Waals surface area contributed by atoms with Crippen molar-refractivity contribution in [2.75, 3.05) is 26.8 Å². The molecule has 5 heteroatoms. The van der Waals surface area contributed by atoms with E-state index in [1.54, 1.807) is 13.8 Å². The topological polar surface area (TPSA) is 55.8 Å². The molecule has 2 atom stereocenters. The molecule has 1 saturated heterocycles. The van der Waals surface area contributed by atoms with Gasteiger partial charge in [0, 0.05) is 12.6 Å². The Labute approximate surface area is 107 Å². The first-order chi connectivity index (χ1) is 8.56. The van der Waals surface area contributed by atoms with Crippen LogP contribution in [-0.4, -0.2) is 49.7 Å². The second-order valence-corrected chi connectivity index (χ2v) is 5.14. The molecule has 5 nitrogen and oxygen atoms in total. The fraction of sp³-hybridized carbons (Fsp3) is 0.846. The standard InChI is InChI=1S/C13H21NO4/c1-4-17-11(15)13(12(16)18-5-2)7-10-6-9(13)8-14(10)3/h9-10H,4-8H2,1-3H3/t9-,10?/m1/s1. The van der Waals surface area contributed by atoms with E-state index in [2.05, 4.69) is 4.90 Å². The van der Waals surface area contributed by atoms with Crippen LogP contribution in [0, 0.1) is 11.3 Å². The lowest BCUT2D eigenvalue weighted by atomic mass is 9.76. The largest absolute Gasteiger partial charge is 0.465 e. The lowest BCUT2D eigenvalue weighted by Gasteiger charge is -2.35. The number of ether oxygens (including phenoxy) is 2. The van der Waals surface area contributed by atoms with Gasteiger partial charge in [-0.1, -0.05) is 0 Å². The second kappa shape index (κ2) is 4.88. The Balaban J connectivity index is 2.25. The Morgan fingerprint density at radius 2 is 1.78 bits per heavy atom. The third kappa shape index (κ3) is 1.81. The average Bonchev–Trinajstić information content (AvgIpc) is 2.86. The zero-order valence-corrected chi connectivity index (χ0v) is 11.3. The van der Waals surface area contributed by atoms with Gasteiger partial charge in [0.05, 0.1) is 13.2 Å². The van der Waals surface area contributed by atoms with E-state index < -0.39 is 17.4 Å². The SMILES string of the molecule is CCOC(=O)C1(C(=O)OCC)CC2C[C@@H]1CN2C. The first-order valence-electron chi connectivity index (χ1n) is 6.60. The summed E-state index contributed by atoms with van der Waals surface area (Å²) < 4.78 is 10.3. The minimum absolute atomic E-state index is 0.0330. The molecule has 2 fully saturated rings. The van der Waals surface area contributed by atoms with E-state index in [4.69, 9.17) is 9.47 Å². The Morgan fingerprint density at radius 1 is 1.22 bits per heavy atom. The zero-order chi connectivity index (χ0) is 13.3. The summed E-state index contributed by atoms with van der Waals surface area (Å²) in [7, 11) is 2.03. The number of nitrogens with zero attached hydrogens (tertiary/aromatic N) is 1. The number of hydrogen-bond donors (Lipinski definition) is 0. The number of piperidine rings is 1. The van der Waals surface area contributed by atoms with Crippen molar-refractivity contribution in [1.82, 2.24) is 4.90 Å². The van der Waals surface area contributed by atoms with E-state index in [0.717, 1.165) is 13.0 Å². The van der Waals surface area contributed by atoms with Crippen LogP contribution in [-0.2, 0) is 19.1 Å². The van der Waals surface area contributed by atoms with Crippen molar-refractivity contribution in [2.45, 2.75) is 32.7 Å². The number of carbonyl (C=O) groups excluding carboxylic acids is 2. The molecule has 1 aliphatic heterocycles. The minimum atomic E-state index is -1.05. The lowest BCUT2D eigenvalue weighted by Crippen LogP contribution is -2.51. The molecule has 1 heterocycles. The summed E-state index contributed by atoms with van der Waals surface area (Å²) in [6, 6.07) is 0.295. The van der Waals surface area contributed by atoms with Gasteiger partial charge in [0.2, 0.25) is 0 Å². The number of rotatable bonds is 4. The zero-order valence-electron chi connectivity index (χ0n) is 11.3. The Hall–Kier alpha value is -1.10. The first kappa shape index (κ1) is 13.3. The molecule has 0 N–H and O–H groups in total. The van der Waals surface area contributed by atoms with Crippen molar-refractivity contribution in [3.8, 4) is 0 Å². The molecule has 0 radical (unpaired) electrons. The van der Waals surface area contributed by atoms with Gasteiger partial charge in [-0.15, -0.1) is 0 Å². The summed E-state index contributed by atoms with van der Waals surface area (Å²) in [5.74, 6) is -0.765. The van der Waals surface area contributed by atoms with Gasteiger partial charge in [-0.05, 0) is 39.7 Å². The third-order valence-electron chi connectivity index (χ3n) is 4.22. The molecule has 1 unspecified atom stereocenters. The maximum Gasteiger partial charge on any atom is 0.323 e. The number of likely N-dealkylation sites (tertiary alicyclic amines) is 1. The number of fused-ring (bicyclic) bond motifs is 2. The quantitative estimate of drug-likeness (QED) is 0.550. The van der Waals surface area contributed by atoms with Crippen LogP contribution in [0.2, 0.25) is 0 Å². The third-order valence-corrected chi connectivity index (χ3v) is 4.22. The predicted octanol–water partition coefficient (Wildman–Crippen LogP) is 0.823. The highest BCUT2D eigenvalue weighted by Gasteiger charge is 2.64. The van der Waals surface area contributed by atoms with Gasteiger partial charge in [0.1, 0.15) is 0 Å². The summed E-state index contributed by atoms with van der Waals surface area (Å²) in [4.78, 5) is 26.7. The first-order valence-corrected chi connectivity index (χ1v) is 6.60. The van der Waals surface area contributed by atoms with E-state index in [-0.39, 0.29) is 5.92 Å². The van der Waals surface area contributed by atoms with Gasteiger partial charge < -0.3 is 14.4 Å². The highest BCUT2D eigenvalue weighted by atomic mass is 16.6. The van der Waals surface area contributed by atoms with E-state index in [1.165, 1.54) is 0 Å². The summed E-state index contributed by atoms with van der Waals surface area (Å²) in [5.41, 5.74) is -1.05. The van der Waals surface area contributed by atoms with Crippen molar-refractivity contribution in [3.05, 3.63) is 0 Å². The molecule has 1 saturated carbocycles. The molecule has 18 heavy (non-hydrogen) atoms. The summed E-state index contributed by atoms with van der Waals surface area (Å²) in [5, 5.41) is 0. The number of esters is 2. The fourth-order valence-corrected chi connectivity index (χ4v) is 3.32. The maximum absolute atomic E-state index is 12.2. The molecule has 0 aromatic rings. The van der Waals surface area contributed by atoms with Gasteiger partial charge in [-0.25, -0.2) is 0 Å². The summed E-state index contributed by atoms with van der Waals surface area (Å²) >= 11 is 0. The van der Waals surface area contributed by atoms with Crippen LogP contribution in [0.25, 0.3) is 0 Å². The van der Waals surface area contributed by atoms with Gasteiger partial charge in [-0.2, -0.15) is 0 Å². The molecule has 0 aromatic heterocycles. The van der Waals surface area contributed by atoms with Crippen molar-refractivity contribution in [3.63, 3.8) is 0 Å². The molecular formula is C13H21NO4. The van der Waals surface area contributed by atoms with Gasteiger partial charge >= 0.3 is 11.9 Å². The van der Waals surface area contributed by atoms with Crippen LogP contribution in [0.5, 0.6) is 0 Å². The Kier molecular flexibility index (Phi) is 3.61. The predicted molar refractivity (Wildman–Crippen MR) is 64.8 cm³/mol. The van der Waals surface area contributed by atoms with E-state index in [1.807, 2.05) is 7.05 Å². The van der Waals surface area contributed by atoms with Crippen molar-refractivity contribution in [1.29, 1.82) is 0 Å². The van der Waals surface area contributed by atoms with Crippen LogP contribution in [0.1, 0.15) is 26.7 Å². The Morgan fingerprint density at radius 3 is 2.11 bits per heavy atom. The summed E-state index contributed by atoms with van der Waals surface area (Å²) in [6.07, 6.45) is 1.42. The van der Waals surface area contributed by atoms with E-state index in [0.29, 0.717) is 25.7 Å². The highest BCUT2D eigenvalue weighted by molar-refractivity contribution is 6.01. The van der Waals surface area contributed by atoms with Crippen LogP contribution >= 0.6 is 0 Å².